The Morgan fingerprint density at radius 3 is 2.46 bits per heavy atom. The zero-order valence-corrected chi connectivity index (χ0v) is 16.3. The Bertz CT molecular complexity index is 851. The maximum atomic E-state index is 14.1. The minimum Gasteiger partial charge on any atom is -0.309 e. The van der Waals surface area contributed by atoms with Crippen LogP contribution in [0.2, 0.25) is 0 Å². The third kappa shape index (κ3) is 4.58. The summed E-state index contributed by atoms with van der Waals surface area (Å²) >= 11 is 1.45. The second-order valence-corrected chi connectivity index (χ2v) is 7.07. The van der Waals surface area contributed by atoms with E-state index in [1.807, 2.05) is 38.4 Å². The van der Waals surface area contributed by atoms with E-state index in [0.29, 0.717) is 11.7 Å². The molecule has 3 rings (SSSR count). The van der Waals surface area contributed by atoms with E-state index >= 15 is 0 Å². The molecule has 1 aromatic heterocycles. The number of hydrogen-bond acceptors (Lipinski definition) is 4. The number of hydrogen-bond donors (Lipinski definition) is 0. The highest BCUT2D eigenvalue weighted by Crippen LogP contribution is 2.30. The highest BCUT2D eigenvalue weighted by atomic mass is 35.5. The standard InChI is InChI=1S/C19H20FN3OS.ClH/c1-22(2)12-7-13-23(18(24)14-8-3-4-9-15(14)20)19-21-16-10-5-6-11-17(16)25-19;/h3-6,8-11H,7,12-13H2,1-2H3;1H. The fourth-order valence-electron chi connectivity index (χ4n) is 2.58. The summed E-state index contributed by atoms with van der Waals surface area (Å²) in [6.07, 6.45) is 0.781. The van der Waals surface area contributed by atoms with Gasteiger partial charge in [-0.2, -0.15) is 0 Å². The number of aromatic nitrogens is 1. The van der Waals surface area contributed by atoms with Gasteiger partial charge >= 0.3 is 0 Å². The summed E-state index contributed by atoms with van der Waals surface area (Å²) in [7, 11) is 3.97. The zero-order valence-electron chi connectivity index (χ0n) is 14.7. The van der Waals surface area contributed by atoms with Crippen molar-refractivity contribution in [2.24, 2.45) is 0 Å². The van der Waals surface area contributed by atoms with Crippen LogP contribution in [0.15, 0.2) is 48.5 Å². The average molecular weight is 394 g/mol. The van der Waals surface area contributed by atoms with Crippen molar-refractivity contribution >= 4 is 45.0 Å². The fraction of sp³-hybridized carbons (Fsp3) is 0.263. The van der Waals surface area contributed by atoms with Gasteiger partial charge in [0.15, 0.2) is 5.13 Å². The van der Waals surface area contributed by atoms with E-state index in [0.717, 1.165) is 23.2 Å². The lowest BCUT2D eigenvalue weighted by Crippen LogP contribution is -2.34. The molecule has 3 aromatic rings. The predicted octanol–water partition coefficient (Wildman–Crippen LogP) is 4.46. The van der Waals surface area contributed by atoms with Crippen molar-refractivity contribution < 1.29 is 9.18 Å². The van der Waals surface area contributed by atoms with Gasteiger partial charge in [-0.25, -0.2) is 9.37 Å². The number of benzene rings is 2. The molecule has 0 aliphatic rings. The minimum absolute atomic E-state index is 0. The van der Waals surface area contributed by atoms with E-state index in [2.05, 4.69) is 9.88 Å². The molecule has 2 aromatic carbocycles. The van der Waals surface area contributed by atoms with Crippen LogP contribution in [0.4, 0.5) is 9.52 Å². The Morgan fingerprint density at radius 2 is 1.77 bits per heavy atom. The first kappa shape index (κ1) is 20.3. The Kier molecular flexibility index (Phi) is 7.08. The van der Waals surface area contributed by atoms with Gasteiger partial charge in [0.2, 0.25) is 0 Å². The molecule has 4 nitrogen and oxygen atoms in total. The van der Waals surface area contributed by atoms with Gasteiger partial charge in [0.25, 0.3) is 5.91 Å². The second-order valence-electron chi connectivity index (χ2n) is 6.06. The molecular weight excluding hydrogens is 373 g/mol. The van der Waals surface area contributed by atoms with E-state index in [4.69, 9.17) is 0 Å². The van der Waals surface area contributed by atoms with E-state index in [1.54, 1.807) is 17.0 Å². The number of thiazole rings is 1. The van der Waals surface area contributed by atoms with E-state index in [9.17, 15) is 9.18 Å². The number of para-hydroxylation sites is 1. The van der Waals surface area contributed by atoms with Crippen molar-refractivity contribution in [2.45, 2.75) is 6.42 Å². The number of carbonyl (C=O) groups excluding carboxylic acids is 1. The molecule has 1 heterocycles. The molecule has 0 saturated carbocycles. The van der Waals surface area contributed by atoms with Gasteiger partial charge in [-0.1, -0.05) is 35.6 Å². The average Bonchev–Trinajstić information content (AvgIpc) is 3.02. The van der Waals surface area contributed by atoms with Crippen LogP contribution in [0.5, 0.6) is 0 Å². The summed E-state index contributed by atoms with van der Waals surface area (Å²) in [6.45, 7) is 1.33. The van der Waals surface area contributed by atoms with Crippen LogP contribution in [-0.2, 0) is 0 Å². The molecule has 0 aliphatic carbocycles. The molecule has 0 atom stereocenters. The first-order valence-electron chi connectivity index (χ1n) is 8.13. The van der Waals surface area contributed by atoms with Gasteiger partial charge in [-0.05, 0) is 51.3 Å². The third-order valence-electron chi connectivity index (χ3n) is 3.85. The van der Waals surface area contributed by atoms with Crippen LogP contribution in [-0.4, -0.2) is 43.0 Å². The zero-order chi connectivity index (χ0) is 17.8. The van der Waals surface area contributed by atoms with Crippen molar-refractivity contribution in [3.8, 4) is 0 Å². The van der Waals surface area contributed by atoms with Crippen LogP contribution in [0, 0.1) is 5.82 Å². The molecule has 0 fully saturated rings. The molecule has 0 unspecified atom stereocenters. The fourth-order valence-corrected chi connectivity index (χ4v) is 3.57. The second kappa shape index (κ2) is 9.07. The Morgan fingerprint density at radius 1 is 1.08 bits per heavy atom. The van der Waals surface area contributed by atoms with Crippen LogP contribution < -0.4 is 4.90 Å². The summed E-state index contributed by atoms with van der Waals surface area (Å²) in [6, 6.07) is 13.8. The molecule has 138 valence electrons. The quantitative estimate of drug-likeness (QED) is 0.620. The van der Waals surface area contributed by atoms with Crippen molar-refractivity contribution in [1.29, 1.82) is 0 Å². The molecule has 7 heteroatoms. The number of nitrogens with zero attached hydrogens (tertiary/aromatic N) is 3. The van der Waals surface area contributed by atoms with Gasteiger partial charge in [0.1, 0.15) is 5.82 Å². The first-order chi connectivity index (χ1) is 12.1. The molecule has 0 radical (unpaired) electrons. The topological polar surface area (TPSA) is 36.4 Å². The van der Waals surface area contributed by atoms with Crippen LogP contribution in [0.3, 0.4) is 0 Å². The number of fused-ring (bicyclic) bond motifs is 1. The monoisotopic (exact) mass is 393 g/mol. The first-order valence-corrected chi connectivity index (χ1v) is 8.94. The normalized spacial score (nSPS) is 10.8. The van der Waals surface area contributed by atoms with Gasteiger partial charge in [-0.3, -0.25) is 9.69 Å². The number of rotatable bonds is 6. The lowest BCUT2D eigenvalue weighted by molar-refractivity contribution is 0.0982. The van der Waals surface area contributed by atoms with Crippen molar-refractivity contribution in [3.05, 3.63) is 59.9 Å². The lowest BCUT2D eigenvalue weighted by Gasteiger charge is -2.21. The molecule has 0 spiro atoms. The van der Waals surface area contributed by atoms with Gasteiger partial charge in [0, 0.05) is 6.54 Å². The van der Waals surface area contributed by atoms with Crippen LogP contribution in [0.25, 0.3) is 10.2 Å². The summed E-state index contributed by atoms with van der Waals surface area (Å²) in [5.41, 5.74) is 0.924. The predicted molar refractivity (Wildman–Crippen MR) is 108 cm³/mol. The largest absolute Gasteiger partial charge is 0.309 e. The molecule has 0 aliphatic heterocycles. The van der Waals surface area contributed by atoms with Crippen molar-refractivity contribution in [2.75, 3.05) is 32.1 Å². The molecular formula is C19H21ClFN3OS. The van der Waals surface area contributed by atoms with Crippen molar-refractivity contribution in [3.63, 3.8) is 0 Å². The number of anilines is 1. The SMILES string of the molecule is CN(C)CCCN(C(=O)c1ccccc1F)c1nc2ccccc2s1.Cl. The van der Waals surface area contributed by atoms with E-state index in [-0.39, 0.29) is 23.9 Å². The summed E-state index contributed by atoms with van der Waals surface area (Å²) < 4.78 is 15.1. The van der Waals surface area contributed by atoms with E-state index < -0.39 is 5.82 Å². The highest BCUT2D eigenvalue weighted by molar-refractivity contribution is 7.22. The van der Waals surface area contributed by atoms with Crippen molar-refractivity contribution in [1.82, 2.24) is 9.88 Å². The number of halogens is 2. The Hall–Kier alpha value is -2.02. The highest BCUT2D eigenvalue weighted by Gasteiger charge is 2.23. The molecule has 0 saturated heterocycles. The summed E-state index contributed by atoms with van der Waals surface area (Å²) in [5.74, 6) is -0.859. The van der Waals surface area contributed by atoms with Crippen LogP contribution in [0.1, 0.15) is 16.8 Å². The number of amides is 1. The minimum atomic E-state index is -0.508. The Balaban J connectivity index is 0.00000243. The van der Waals surface area contributed by atoms with E-state index in [1.165, 1.54) is 23.5 Å². The molecule has 26 heavy (non-hydrogen) atoms. The Labute approximate surface area is 162 Å². The molecule has 0 N–H and O–H groups in total. The third-order valence-corrected chi connectivity index (χ3v) is 4.91. The molecule has 0 bridgehead atoms. The summed E-state index contributed by atoms with van der Waals surface area (Å²) in [5, 5.41) is 0.605. The van der Waals surface area contributed by atoms with Gasteiger partial charge in [0.05, 0.1) is 15.8 Å². The maximum absolute atomic E-state index is 14.1. The van der Waals surface area contributed by atoms with Gasteiger partial charge < -0.3 is 4.90 Å². The maximum Gasteiger partial charge on any atom is 0.263 e. The van der Waals surface area contributed by atoms with Crippen LogP contribution >= 0.6 is 23.7 Å². The number of carbonyl (C=O) groups is 1. The van der Waals surface area contributed by atoms with Gasteiger partial charge in [-0.15, -0.1) is 12.4 Å². The lowest BCUT2D eigenvalue weighted by atomic mass is 10.2. The summed E-state index contributed by atoms with van der Waals surface area (Å²) in [4.78, 5) is 21.2. The molecule has 1 amide bonds. The smallest absolute Gasteiger partial charge is 0.263 e.